The number of aryl methyl sites for hydroxylation is 1. The molecule has 1 aromatic heterocycles. The van der Waals surface area contributed by atoms with Crippen molar-refractivity contribution in [3.8, 4) is 11.5 Å². The Bertz CT molecular complexity index is 1180. The average molecular weight is 483 g/mol. The number of ether oxygens (including phenoxy) is 4. The van der Waals surface area contributed by atoms with Crippen molar-refractivity contribution in [1.29, 1.82) is 0 Å². The average Bonchev–Trinajstić information content (AvgIpc) is 2.88. The minimum atomic E-state index is -0.243. The molecule has 0 saturated carbocycles. The van der Waals surface area contributed by atoms with Crippen LogP contribution in [-0.2, 0) is 9.47 Å². The highest BCUT2D eigenvalue weighted by molar-refractivity contribution is 5.93. The van der Waals surface area contributed by atoms with Gasteiger partial charge in [0.2, 0.25) is 0 Å². The van der Waals surface area contributed by atoms with Crippen LogP contribution in [0.25, 0.3) is 10.9 Å². The van der Waals surface area contributed by atoms with Crippen molar-refractivity contribution < 1.29 is 23.3 Å². The van der Waals surface area contributed by atoms with E-state index >= 15 is 0 Å². The smallest absolute Gasteiger partial charge is 0.162 e. The van der Waals surface area contributed by atoms with Gasteiger partial charge in [-0.25, -0.2) is 14.4 Å². The monoisotopic (exact) mass is 482 g/mol. The summed E-state index contributed by atoms with van der Waals surface area (Å²) in [5.74, 6) is 1.63. The zero-order valence-electron chi connectivity index (χ0n) is 20.1. The summed E-state index contributed by atoms with van der Waals surface area (Å²) in [6.07, 6.45) is 3.79. The lowest BCUT2D eigenvalue weighted by Gasteiger charge is -2.40. The number of benzene rings is 2. The van der Waals surface area contributed by atoms with Gasteiger partial charge in [-0.2, -0.15) is 0 Å². The Morgan fingerprint density at radius 2 is 1.97 bits per heavy atom. The van der Waals surface area contributed by atoms with E-state index in [2.05, 4.69) is 20.2 Å². The summed E-state index contributed by atoms with van der Waals surface area (Å²) < 4.78 is 37.0. The van der Waals surface area contributed by atoms with Crippen molar-refractivity contribution in [1.82, 2.24) is 14.9 Å². The number of nitrogens with zero attached hydrogens (tertiary/aromatic N) is 3. The molecule has 186 valence electrons. The number of nitrogens with one attached hydrogen (secondary N) is 1. The van der Waals surface area contributed by atoms with Crippen LogP contribution in [-0.4, -0.2) is 73.6 Å². The molecule has 2 aromatic carbocycles. The Kier molecular flexibility index (Phi) is 7.26. The van der Waals surface area contributed by atoms with E-state index in [9.17, 15) is 4.39 Å². The van der Waals surface area contributed by atoms with Crippen LogP contribution < -0.4 is 14.8 Å². The number of hydrogen-bond donors (Lipinski definition) is 1. The molecule has 1 N–H and O–H groups in total. The van der Waals surface area contributed by atoms with E-state index in [1.165, 1.54) is 12.4 Å². The highest BCUT2D eigenvalue weighted by atomic mass is 19.1. The molecule has 5 rings (SSSR count). The maximum atomic E-state index is 13.7. The SMILES string of the molecule is COc1cc2ncnc(Nc3ccc(F)c(C)c3)c2cc1OCCCN1CCC2OCCOC2C1. The van der Waals surface area contributed by atoms with Gasteiger partial charge in [0, 0.05) is 36.8 Å². The van der Waals surface area contributed by atoms with Gasteiger partial charge in [-0.15, -0.1) is 0 Å². The topological polar surface area (TPSA) is 78.0 Å². The summed E-state index contributed by atoms with van der Waals surface area (Å²) in [6.45, 7) is 6.52. The second kappa shape index (κ2) is 10.7. The molecule has 2 aliphatic heterocycles. The summed E-state index contributed by atoms with van der Waals surface area (Å²) in [7, 11) is 1.62. The molecule has 2 fully saturated rings. The molecular formula is C26H31FN4O4. The Hall–Kier alpha value is -3.01. The fraction of sp³-hybridized carbons (Fsp3) is 0.462. The Morgan fingerprint density at radius 3 is 2.80 bits per heavy atom. The first kappa shape index (κ1) is 23.7. The van der Waals surface area contributed by atoms with Gasteiger partial charge in [-0.05, 0) is 49.6 Å². The third-order valence-corrected chi connectivity index (χ3v) is 6.55. The third kappa shape index (κ3) is 5.47. The molecule has 0 amide bonds. The summed E-state index contributed by atoms with van der Waals surface area (Å²) in [6, 6.07) is 8.61. The van der Waals surface area contributed by atoms with Crippen LogP contribution in [0.2, 0.25) is 0 Å². The summed E-state index contributed by atoms with van der Waals surface area (Å²) >= 11 is 0. The molecule has 0 spiro atoms. The lowest BCUT2D eigenvalue weighted by Crippen LogP contribution is -2.52. The number of fused-ring (bicyclic) bond motifs is 2. The fourth-order valence-electron chi connectivity index (χ4n) is 4.68. The van der Waals surface area contributed by atoms with Crippen LogP contribution in [0.5, 0.6) is 11.5 Å². The zero-order valence-corrected chi connectivity index (χ0v) is 20.1. The quantitative estimate of drug-likeness (QED) is 0.481. The number of aromatic nitrogens is 2. The molecule has 9 heteroatoms. The second-order valence-corrected chi connectivity index (χ2v) is 8.94. The standard InChI is InChI=1S/C26H31FN4O4/c1-17-12-18(4-5-20(17)27)30-26-19-13-24(23(32-2)14-21(19)28-16-29-26)33-9-3-7-31-8-6-22-25(15-31)35-11-10-34-22/h4-5,12-14,16,22,25H,3,6-11,15H2,1-2H3,(H,28,29,30). The van der Waals surface area contributed by atoms with Crippen molar-refractivity contribution >= 4 is 22.4 Å². The van der Waals surface area contributed by atoms with Crippen LogP contribution in [0.4, 0.5) is 15.9 Å². The normalized spacial score (nSPS) is 20.4. The van der Waals surface area contributed by atoms with Gasteiger partial charge >= 0.3 is 0 Å². The number of likely N-dealkylation sites (tertiary alicyclic amines) is 1. The van der Waals surface area contributed by atoms with E-state index in [0.717, 1.165) is 49.1 Å². The van der Waals surface area contributed by atoms with E-state index in [0.29, 0.717) is 42.7 Å². The zero-order chi connectivity index (χ0) is 24.2. The van der Waals surface area contributed by atoms with Crippen LogP contribution in [0, 0.1) is 12.7 Å². The Labute approximate surface area is 204 Å². The maximum Gasteiger partial charge on any atom is 0.162 e. The number of rotatable bonds is 8. The summed E-state index contributed by atoms with van der Waals surface area (Å²) in [4.78, 5) is 11.2. The van der Waals surface area contributed by atoms with Gasteiger partial charge in [-0.3, -0.25) is 0 Å². The van der Waals surface area contributed by atoms with Gasteiger partial charge in [0.1, 0.15) is 18.0 Å². The van der Waals surface area contributed by atoms with Crippen LogP contribution in [0.1, 0.15) is 18.4 Å². The third-order valence-electron chi connectivity index (χ3n) is 6.55. The van der Waals surface area contributed by atoms with Gasteiger partial charge in [0.15, 0.2) is 11.5 Å². The number of anilines is 2. The highest BCUT2D eigenvalue weighted by Crippen LogP contribution is 2.35. The number of piperidine rings is 1. The number of halogens is 1. The van der Waals surface area contributed by atoms with E-state index in [4.69, 9.17) is 18.9 Å². The van der Waals surface area contributed by atoms with E-state index in [1.807, 2.05) is 12.1 Å². The van der Waals surface area contributed by atoms with Crippen molar-refractivity contribution in [3.05, 3.63) is 48.0 Å². The van der Waals surface area contributed by atoms with Gasteiger partial charge < -0.3 is 29.2 Å². The molecule has 0 aliphatic carbocycles. The van der Waals surface area contributed by atoms with Gasteiger partial charge in [0.25, 0.3) is 0 Å². The Morgan fingerprint density at radius 1 is 1.11 bits per heavy atom. The molecule has 2 saturated heterocycles. The van der Waals surface area contributed by atoms with E-state index < -0.39 is 0 Å². The van der Waals surface area contributed by atoms with Gasteiger partial charge in [-0.1, -0.05) is 0 Å². The van der Waals surface area contributed by atoms with E-state index in [-0.39, 0.29) is 18.0 Å². The largest absolute Gasteiger partial charge is 0.493 e. The van der Waals surface area contributed by atoms with Crippen molar-refractivity contribution in [3.63, 3.8) is 0 Å². The molecule has 3 heterocycles. The minimum Gasteiger partial charge on any atom is -0.493 e. The van der Waals surface area contributed by atoms with Crippen LogP contribution in [0.15, 0.2) is 36.7 Å². The first-order valence-electron chi connectivity index (χ1n) is 12.0. The lowest BCUT2D eigenvalue weighted by atomic mass is 10.0. The van der Waals surface area contributed by atoms with Crippen molar-refractivity contribution in [2.45, 2.75) is 32.0 Å². The van der Waals surface area contributed by atoms with Crippen molar-refractivity contribution in [2.24, 2.45) is 0 Å². The predicted molar refractivity (Wildman–Crippen MR) is 131 cm³/mol. The molecule has 8 nitrogen and oxygen atoms in total. The maximum absolute atomic E-state index is 13.7. The molecule has 2 unspecified atom stereocenters. The molecular weight excluding hydrogens is 451 g/mol. The molecule has 35 heavy (non-hydrogen) atoms. The fourth-order valence-corrected chi connectivity index (χ4v) is 4.68. The Balaban J connectivity index is 1.25. The first-order chi connectivity index (χ1) is 17.1. The summed E-state index contributed by atoms with van der Waals surface area (Å²) in [5.41, 5.74) is 2.03. The predicted octanol–water partition coefficient (Wildman–Crippen LogP) is 4.09. The highest BCUT2D eigenvalue weighted by Gasteiger charge is 2.32. The van der Waals surface area contributed by atoms with Crippen LogP contribution >= 0.6 is 0 Å². The van der Waals surface area contributed by atoms with E-state index in [1.54, 1.807) is 26.2 Å². The molecule has 2 atom stereocenters. The number of hydrogen-bond acceptors (Lipinski definition) is 8. The molecule has 0 bridgehead atoms. The van der Waals surface area contributed by atoms with Crippen LogP contribution in [0.3, 0.4) is 0 Å². The molecule has 0 radical (unpaired) electrons. The van der Waals surface area contributed by atoms with Crippen molar-refractivity contribution in [2.75, 3.05) is 51.9 Å². The second-order valence-electron chi connectivity index (χ2n) is 8.94. The number of methoxy groups -OCH3 is 1. The lowest BCUT2D eigenvalue weighted by molar-refractivity contribution is -0.165. The summed E-state index contributed by atoms with van der Waals surface area (Å²) in [5, 5.41) is 4.06. The molecule has 2 aliphatic rings. The molecule has 3 aromatic rings. The first-order valence-corrected chi connectivity index (χ1v) is 12.0. The minimum absolute atomic E-state index is 0.176. The van der Waals surface area contributed by atoms with Gasteiger partial charge in [0.05, 0.1) is 44.7 Å².